The van der Waals surface area contributed by atoms with Gasteiger partial charge in [-0.05, 0) is 50.2 Å². The molecule has 1 aromatic heterocycles. The molecule has 3 aromatic carbocycles. The molecule has 4 rings (SSSR count). The van der Waals surface area contributed by atoms with Gasteiger partial charge in [0, 0.05) is 22.2 Å². The number of carbonyl (C=O) groups excluding carboxylic acids is 3. The van der Waals surface area contributed by atoms with Gasteiger partial charge in [0.25, 0.3) is 5.91 Å². The van der Waals surface area contributed by atoms with E-state index >= 15 is 0 Å². The van der Waals surface area contributed by atoms with Crippen molar-refractivity contribution in [3.8, 4) is 11.3 Å². The molecule has 6 heteroatoms. The number of hydrogen-bond donors (Lipinski definition) is 1. The lowest BCUT2D eigenvalue weighted by Gasteiger charge is -2.11. The van der Waals surface area contributed by atoms with E-state index in [-0.39, 0.29) is 5.78 Å². The number of amides is 1. The summed E-state index contributed by atoms with van der Waals surface area (Å²) in [5, 5.41) is 3.31. The summed E-state index contributed by atoms with van der Waals surface area (Å²) in [6.07, 6.45) is 0. The van der Waals surface area contributed by atoms with E-state index in [1.807, 2.05) is 49.4 Å². The van der Waals surface area contributed by atoms with Gasteiger partial charge in [-0.1, -0.05) is 48.0 Å². The second kappa shape index (κ2) is 9.44. The monoisotopic (exact) mass is 438 g/mol. The van der Waals surface area contributed by atoms with Crippen LogP contribution in [0.3, 0.4) is 0 Å². The van der Waals surface area contributed by atoms with E-state index in [1.54, 1.807) is 36.4 Å². The van der Waals surface area contributed by atoms with Gasteiger partial charge in [-0.3, -0.25) is 9.59 Å². The minimum atomic E-state index is -0.607. The molecule has 0 spiro atoms. The van der Waals surface area contributed by atoms with Crippen LogP contribution in [0.1, 0.15) is 33.2 Å². The van der Waals surface area contributed by atoms with Crippen LogP contribution in [0.25, 0.3) is 22.2 Å². The number of fused-ring (bicyclic) bond motifs is 1. The molecule has 0 atom stereocenters. The molecule has 0 saturated heterocycles. The lowest BCUT2D eigenvalue weighted by molar-refractivity contribution is -0.119. The molecule has 4 aromatic rings. The number of anilines is 1. The Bertz CT molecular complexity index is 1340. The molecule has 6 nitrogen and oxygen atoms in total. The molecule has 0 aliphatic rings. The molecule has 33 heavy (non-hydrogen) atoms. The second-order valence-electron chi connectivity index (χ2n) is 7.70. The maximum atomic E-state index is 12.9. The number of aryl methyl sites for hydroxylation is 1. The summed E-state index contributed by atoms with van der Waals surface area (Å²) >= 11 is 0. The van der Waals surface area contributed by atoms with Crippen molar-refractivity contribution in [3.05, 3.63) is 95.6 Å². The molecule has 0 fully saturated rings. The fourth-order valence-electron chi connectivity index (χ4n) is 3.41. The lowest BCUT2D eigenvalue weighted by Crippen LogP contribution is -2.21. The predicted octanol–water partition coefficient (Wildman–Crippen LogP) is 5.21. The van der Waals surface area contributed by atoms with Crippen LogP contribution in [0.15, 0.2) is 78.9 Å². The first-order valence-corrected chi connectivity index (χ1v) is 10.5. The molecule has 1 amide bonds. The zero-order valence-electron chi connectivity index (χ0n) is 18.3. The standard InChI is InChI=1S/C27H22N2O4/c1-17-7-9-20(10-8-17)25-15-23(22-5-3-4-6-24(22)29-25)27(32)33-16-26(31)28-21-13-11-19(12-14-21)18(2)30/h3-15H,16H2,1-2H3,(H,28,31). The fraction of sp³-hybridized carbons (Fsp3) is 0.111. The zero-order chi connectivity index (χ0) is 23.4. The largest absolute Gasteiger partial charge is 0.452 e. The van der Waals surface area contributed by atoms with Crippen molar-refractivity contribution in [2.24, 2.45) is 0 Å². The molecule has 0 radical (unpaired) electrons. The molecular weight excluding hydrogens is 416 g/mol. The van der Waals surface area contributed by atoms with Gasteiger partial charge in [-0.15, -0.1) is 0 Å². The Morgan fingerprint density at radius 1 is 0.909 bits per heavy atom. The summed E-state index contributed by atoms with van der Waals surface area (Å²) in [6.45, 7) is 3.03. The van der Waals surface area contributed by atoms with E-state index in [2.05, 4.69) is 10.3 Å². The van der Waals surface area contributed by atoms with Crippen LogP contribution in [0, 0.1) is 6.92 Å². The van der Waals surface area contributed by atoms with Gasteiger partial charge in [-0.25, -0.2) is 9.78 Å². The van der Waals surface area contributed by atoms with Crippen molar-refractivity contribution in [2.75, 3.05) is 11.9 Å². The van der Waals surface area contributed by atoms with E-state index in [0.29, 0.717) is 33.4 Å². The quantitative estimate of drug-likeness (QED) is 0.330. The predicted molar refractivity (Wildman–Crippen MR) is 127 cm³/mol. The maximum absolute atomic E-state index is 12.9. The third-order valence-electron chi connectivity index (χ3n) is 5.19. The molecule has 1 heterocycles. The van der Waals surface area contributed by atoms with Crippen LogP contribution in [0.4, 0.5) is 5.69 Å². The van der Waals surface area contributed by atoms with Crippen molar-refractivity contribution in [3.63, 3.8) is 0 Å². The molecule has 164 valence electrons. The number of nitrogens with one attached hydrogen (secondary N) is 1. The van der Waals surface area contributed by atoms with Gasteiger partial charge in [0.15, 0.2) is 12.4 Å². The molecular formula is C27H22N2O4. The third kappa shape index (κ3) is 5.13. The van der Waals surface area contributed by atoms with E-state index < -0.39 is 18.5 Å². The average molecular weight is 438 g/mol. The average Bonchev–Trinajstić information content (AvgIpc) is 2.82. The van der Waals surface area contributed by atoms with Crippen LogP contribution in [-0.4, -0.2) is 29.3 Å². The number of benzene rings is 3. The van der Waals surface area contributed by atoms with E-state index in [0.717, 1.165) is 11.1 Å². The minimum Gasteiger partial charge on any atom is -0.452 e. The highest BCUT2D eigenvalue weighted by Crippen LogP contribution is 2.25. The smallest absolute Gasteiger partial charge is 0.339 e. The number of para-hydroxylation sites is 1. The number of carbonyl (C=O) groups is 3. The Balaban J connectivity index is 1.51. The van der Waals surface area contributed by atoms with E-state index in [1.165, 1.54) is 6.92 Å². The van der Waals surface area contributed by atoms with Crippen molar-refractivity contribution in [1.29, 1.82) is 0 Å². The van der Waals surface area contributed by atoms with Gasteiger partial charge in [0.1, 0.15) is 0 Å². The number of pyridine rings is 1. The van der Waals surface area contributed by atoms with Crippen LogP contribution in [0.2, 0.25) is 0 Å². The van der Waals surface area contributed by atoms with Gasteiger partial charge in [0.2, 0.25) is 0 Å². The number of aromatic nitrogens is 1. The van der Waals surface area contributed by atoms with Crippen LogP contribution >= 0.6 is 0 Å². The number of ketones is 1. The van der Waals surface area contributed by atoms with E-state index in [9.17, 15) is 14.4 Å². The Morgan fingerprint density at radius 3 is 2.30 bits per heavy atom. The van der Waals surface area contributed by atoms with Gasteiger partial charge >= 0.3 is 5.97 Å². The zero-order valence-corrected chi connectivity index (χ0v) is 18.3. The SMILES string of the molecule is CC(=O)c1ccc(NC(=O)COC(=O)c2cc(-c3ccc(C)cc3)nc3ccccc23)cc1. The number of Topliss-reactive ketones (excluding diaryl/α,β-unsaturated/α-hetero) is 1. The Morgan fingerprint density at radius 2 is 1.61 bits per heavy atom. The second-order valence-corrected chi connectivity index (χ2v) is 7.70. The molecule has 0 aliphatic carbocycles. The fourth-order valence-corrected chi connectivity index (χ4v) is 3.41. The van der Waals surface area contributed by atoms with Crippen molar-refractivity contribution in [1.82, 2.24) is 4.98 Å². The molecule has 0 unspecified atom stereocenters. The van der Waals surface area contributed by atoms with Crippen LogP contribution < -0.4 is 5.32 Å². The molecule has 0 bridgehead atoms. The van der Waals surface area contributed by atoms with Crippen molar-refractivity contribution < 1.29 is 19.1 Å². The van der Waals surface area contributed by atoms with Crippen LogP contribution in [0.5, 0.6) is 0 Å². The highest BCUT2D eigenvalue weighted by molar-refractivity contribution is 6.05. The first-order chi connectivity index (χ1) is 15.9. The summed E-state index contributed by atoms with van der Waals surface area (Å²) in [5.74, 6) is -1.14. The summed E-state index contributed by atoms with van der Waals surface area (Å²) in [5.41, 5.74) is 4.72. The van der Waals surface area contributed by atoms with Crippen molar-refractivity contribution >= 4 is 34.3 Å². The molecule has 0 saturated carbocycles. The summed E-state index contributed by atoms with van der Waals surface area (Å²) in [6, 6.07) is 23.4. The minimum absolute atomic E-state index is 0.0589. The van der Waals surface area contributed by atoms with Crippen LogP contribution in [-0.2, 0) is 9.53 Å². The molecule has 0 aliphatic heterocycles. The van der Waals surface area contributed by atoms with Gasteiger partial charge in [-0.2, -0.15) is 0 Å². The Kier molecular flexibility index (Phi) is 6.26. The highest BCUT2D eigenvalue weighted by atomic mass is 16.5. The van der Waals surface area contributed by atoms with Gasteiger partial charge in [0.05, 0.1) is 16.8 Å². The normalized spacial score (nSPS) is 10.6. The lowest BCUT2D eigenvalue weighted by atomic mass is 10.0. The molecule has 1 N–H and O–H groups in total. The van der Waals surface area contributed by atoms with E-state index in [4.69, 9.17) is 4.74 Å². The van der Waals surface area contributed by atoms with Gasteiger partial charge < -0.3 is 10.1 Å². The number of rotatable bonds is 6. The first-order valence-electron chi connectivity index (χ1n) is 10.5. The Hall–Kier alpha value is -4.32. The highest BCUT2D eigenvalue weighted by Gasteiger charge is 2.17. The number of hydrogen-bond acceptors (Lipinski definition) is 5. The summed E-state index contributed by atoms with van der Waals surface area (Å²) in [4.78, 5) is 41.2. The number of ether oxygens (including phenoxy) is 1. The topological polar surface area (TPSA) is 85.4 Å². The third-order valence-corrected chi connectivity index (χ3v) is 5.19. The number of nitrogens with zero attached hydrogens (tertiary/aromatic N) is 1. The summed E-state index contributed by atoms with van der Waals surface area (Å²) < 4.78 is 5.31. The first kappa shape index (κ1) is 21.9. The summed E-state index contributed by atoms with van der Waals surface area (Å²) in [7, 11) is 0. The van der Waals surface area contributed by atoms with Crippen molar-refractivity contribution in [2.45, 2.75) is 13.8 Å². The maximum Gasteiger partial charge on any atom is 0.339 e. The number of esters is 1. The Labute approximate surface area is 191 Å².